The zero-order chi connectivity index (χ0) is 13.4. The van der Waals surface area contributed by atoms with Crippen molar-refractivity contribution < 1.29 is 9.84 Å². The fourth-order valence-corrected chi connectivity index (χ4v) is 2.38. The lowest BCUT2D eigenvalue weighted by Gasteiger charge is -2.19. The van der Waals surface area contributed by atoms with Gasteiger partial charge in [-0.25, -0.2) is 0 Å². The molecule has 2 atom stereocenters. The summed E-state index contributed by atoms with van der Waals surface area (Å²) in [5.41, 5.74) is 0. The molecule has 0 aromatic carbocycles. The third-order valence-electron chi connectivity index (χ3n) is 3.71. The van der Waals surface area contributed by atoms with Crippen molar-refractivity contribution in [2.75, 3.05) is 13.2 Å². The Balaban J connectivity index is 1.99. The number of rotatable bonds is 9. The minimum Gasteiger partial charge on any atom is -0.389 e. The Bertz CT molecular complexity index is 203. The van der Waals surface area contributed by atoms with Gasteiger partial charge in [0.1, 0.15) is 0 Å². The van der Waals surface area contributed by atoms with Gasteiger partial charge < -0.3 is 15.2 Å². The van der Waals surface area contributed by atoms with Crippen molar-refractivity contribution in [2.45, 2.75) is 77.5 Å². The smallest absolute Gasteiger partial charge is 0.0897 e. The monoisotopic (exact) mass is 257 g/mol. The first-order valence-electron chi connectivity index (χ1n) is 7.61. The first-order chi connectivity index (χ1) is 8.58. The highest BCUT2D eigenvalue weighted by Crippen LogP contribution is 2.20. The van der Waals surface area contributed by atoms with E-state index in [1.807, 2.05) is 0 Å². The first-order valence-corrected chi connectivity index (χ1v) is 7.61. The van der Waals surface area contributed by atoms with E-state index in [1.54, 1.807) is 0 Å². The van der Waals surface area contributed by atoms with Gasteiger partial charge in [0.25, 0.3) is 0 Å². The van der Waals surface area contributed by atoms with Crippen LogP contribution in [-0.2, 0) is 4.74 Å². The normalized spacial score (nSPS) is 20.5. The van der Waals surface area contributed by atoms with Crippen molar-refractivity contribution in [3.8, 4) is 0 Å². The van der Waals surface area contributed by atoms with Gasteiger partial charge in [0.05, 0.1) is 18.8 Å². The van der Waals surface area contributed by atoms with Crippen LogP contribution < -0.4 is 5.32 Å². The minimum absolute atomic E-state index is 0.368. The average Bonchev–Trinajstić information content (AvgIpc) is 2.84. The third kappa shape index (κ3) is 7.34. The van der Waals surface area contributed by atoms with Crippen LogP contribution in [0.3, 0.4) is 0 Å². The SMILES string of the molecule is CC(C)CC[C@@H](C)NC[C@H](O)COC1CCCC1. The molecule has 1 aliphatic rings. The second-order valence-corrected chi connectivity index (χ2v) is 6.17. The van der Waals surface area contributed by atoms with Crippen LogP contribution in [0.1, 0.15) is 59.3 Å². The van der Waals surface area contributed by atoms with Crippen molar-refractivity contribution in [3.63, 3.8) is 0 Å². The zero-order valence-corrected chi connectivity index (χ0v) is 12.3. The highest BCUT2D eigenvalue weighted by atomic mass is 16.5. The number of hydrogen-bond donors (Lipinski definition) is 2. The molecule has 1 fully saturated rings. The Morgan fingerprint density at radius 2 is 1.83 bits per heavy atom. The van der Waals surface area contributed by atoms with Crippen LogP contribution >= 0.6 is 0 Å². The number of ether oxygens (including phenoxy) is 1. The van der Waals surface area contributed by atoms with Gasteiger partial charge in [-0.05, 0) is 38.5 Å². The van der Waals surface area contributed by atoms with Crippen molar-refractivity contribution in [1.82, 2.24) is 5.32 Å². The molecule has 0 unspecified atom stereocenters. The molecule has 18 heavy (non-hydrogen) atoms. The maximum atomic E-state index is 9.85. The van der Waals surface area contributed by atoms with E-state index in [1.165, 1.54) is 38.5 Å². The van der Waals surface area contributed by atoms with Crippen molar-refractivity contribution >= 4 is 0 Å². The van der Waals surface area contributed by atoms with Crippen LogP contribution in [0.25, 0.3) is 0 Å². The summed E-state index contributed by atoms with van der Waals surface area (Å²) < 4.78 is 5.71. The summed E-state index contributed by atoms with van der Waals surface area (Å²) in [7, 11) is 0. The molecule has 0 aromatic rings. The molecule has 1 aliphatic carbocycles. The molecule has 108 valence electrons. The number of aliphatic hydroxyl groups is 1. The van der Waals surface area contributed by atoms with Crippen LogP contribution in [-0.4, -0.2) is 36.5 Å². The third-order valence-corrected chi connectivity index (χ3v) is 3.71. The molecular formula is C15H31NO2. The largest absolute Gasteiger partial charge is 0.389 e. The molecule has 1 saturated carbocycles. The first kappa shape index (κ1) is 15.9. The van der Waals surface area contributed by atoms with E-state index in [0.29, 0.717) is 25.3 Å². The van der Waals surface area contributed by atoms with Crippen LogP contribution in [0.4, 0.5) is 0 Å². The molecule has 3 nitrogen and oxygen atoms in total. The molecular weight excluding hydrogens is 226 g/mol. The predicted octanol–water partition coefficient (Wildman–Crippen LogP) is 2.72. The average molecular weight is 257 g/mol. The lowest BCUT2D eigenvalue weighted by molar-refractivity contribution is -0.00617. The summed E-state index contributed by atoms with van der Waals surface area (Å²) in [5.74, 6) is 0.755. The summed E-state index contributed by atoms with van der Waals surface area (Å²) in [6.07, 6.45) is 7.36. The topological polar surface area (TPSA) is 41.5 Å². The van der Waals surface area contributed by atoms with Crippen LogP contribution in [0, 0.1) is 5.92 Å². The van der Waals surface area contributed by atoms with Gasteiger partial charge in [-0.1, -0.05) is 26.7 Å². The summed E-state index contributed by atoms with van der Waals surface area (Å²) in [6, 6.07) is 0.480. The molecule has 1 rings (SSSR count). The summed E-state index contributed by atoms with van der Waals surface area (Å²) >= 11 is 0. The van der Waals surface area contributed by atoms with Crippen molar-refractivity contribution in [1.29, 1.82) is 0 Å². The lowest BCUT2D eigenvalue weighted by atomic mass is 10.0. The molecule has 0 saturated heterocycles. The molecule has 0 amide bonds. The Morgan fingerprint density at radius 1 is 1.17 bits per heavy atom. The molecule has 0 aromatic heterocycles. The summed E-state index contributed by atoms with van der Waals surface area (Å²) in [6.45, 7) is 7.81. The standard InChI is InChI=1S/C15H31NO2/c1-12(2)8-9-13(3)16-10-14(17)11-18-15-6-4-5-7-15/h12-17H,4-11H2,1-3H3/t13-,14+/m1/s1. The fourth-order valence-electron chi connectivity index (χ4n) is 2.38. The number of hydrogen-bond acceptors (Lipinski definition) is 3. The summed E-state index contributed by atoms with van der Waals surface area (Å²) in [4.78, 5) is 0. The van der Waals surface area contributed by atoms with Crippen molar-refractivity contribution in [2.24, 2.45) is 5.92 Å². The Morgan fingerprint density at radius 3 is 2.44 bits per heavy atom. The number of nitrogens with one attached hydrogen (secondary N) is 1. The molecule has 0 bridgehead atoms. The fraction of sp³-hybridized carbons (Fsp3) is 1.00. The van der Waals surface area contributed by atoms with Gasteiger partial charge in [0.2, 0.25) is 0 Å². The van der Waals surface area contributed by atoms with Crippen LogP contribution in [0.15, 0.2) is 0 Å². The van der Waals surface area contributed by atoms with Gasteiger partial charge >= 0.3 is 0 Å². The molecule has 2 N–H and O–H groups in total. The van der Waals surface area contributed by atoms with Crippen molar-refractivity contribution in [3.05, 3.63) is 0 Å². The highest BCUT2D eigenvalue weighted by Gasteiger charge is 2.17. The molecule has 0 heterocycles. The Kier molecular flexibility index (Phi) is 7.87. The highest BCUT2D eigenvalue weighted by molar-refractivity contribution is 4.69. The Labute approximate surface area is 112 Å². The quantitative estimate of drug-likeness (QED) is 0.667. The van der Waals surface area contributed by atoms with Gasteiger partial charge in [-0.2, -0.15) is 0 Å². The number of aliphatic hydroxyl groups excluding tert-OH is 1. The molecule has 3 heteroatoms. The Hall–Kier alpha value is -0.120. The maximum absolute atomic E-state index is 9.85. The minimum atomic E-state index is -0.368. The summed E-state index contributed by atoms with van der Waals surface area (Å²) in [5, 5.41) is 13.2. The van der Waals surface area contributed by atoms with Gasteiger partial charge in [0, 0.05) is 12.6 Å². The molecule has 0 spiro atoms. The zero-order valence-electron chi connectivity index (χ0n) is 12.3. The van der Waals surface area contributed by atoms with E-state index >= 15 is 0 Å². The van der Waals surface area contributed by atoms with E-state index in [-0.39, 0.29) is 6.10 Å². The second-order valence-electron chi connectivity index (χ2n) is 6.17. The van der Waals surface area contributed by atoms with Gasteiger partial charge in [-0.15, -0.1) is 0 Å². The lowest BCUT2D eigenvalue weighted by Crippen LogP contribution is -2.36. The van der Waals surface area contributed by atoms with E-state index < -0.39 is 0 Å². The van der Waals surface area contributed by atoms with E-state index in [0.717, 1.165) is 5.92 Å². The van der Waals surface area contributed by atoms with Gasteiger partial charge in [-0.3, -0.25) is 0 Å². The van der Waals surface area contributed by atoms with Crippen LogP contribution in [0.5, 0.6) is 0 Å². The second kappa shape index (κ2) is 8.89. The van der Waals surface area contributed by atoms with Gasteiger partial charge in [0.15, 0.2) is 0 Å². The van der Waals surface area contributed by atoms with E-state index in [4.69, 9.17) is 4.74 Å². The molecule has 0 aliphatic heterocycles. The predicted molar refractivity (Wildman–Crippen MR) is 75.8 cm³/mol. The maximum Gasteiger partial charge on any atom is 0.0897 e. The van der Waals surface area contributed by atoms with E-state index in [9.17, 15) is 5.11 Å². The van der Waals surface area contributed by atoms with E-state index in [2.05, 4.69) is 26.1 Å². The molecule has 0 radical (unpaired) electrons. The van der Waals surface area contributed by atoms with Crippen LogP contribution in [0.2, 0.25) is 0 Å².